The Hall–Kier alpha value is -8.97. The van der Waals surface area contributed by atoms with Crippen molar-refractivity contribution in [2.45, 2.75) is 0 Å². The minimum absolute atomic E-state index is 0.591. The van der Waals surface area contributed by atoms with Crippen LogP contribution < -0.4 is 20.7 Å². The topological polar surface area (TPSA) is 56.7 Å². The molecule has 0 unspecified atom stereocenters. The van der Waals surface area contributed by atoms with E-state index in [2.05, 4.69) is 241 Å². The van der Waals surface area contributed by atoms with Crippen LogP contribution in [0.15, 0.2) is 259 Å². The Morgan fingerprint density at radius 2 is 0.783 bits per heavy atom. The van der Waals surface area contributed by atoms with Gasteiger partial charge in [0.15, 0.2) is 25.5 Å². The maximum Gasteiger partial charge on any atom is 0.179 e. The molecule has 324 valence electrons. The molecule has 5 nitrogen and oxygen atoms in total. The highest BCUT2D eigenvalue weighted by Gasteiger charge is 2.41. The maximum atomic E-state index is 6.28. The van der Waals surface area contributed by atoms with E-state index in [1.165, 1.54) is 31.5 Å². The molecular formula is C63H42N4OSi. The molecule has 0 spiro atoms. The molecule has 0 radical (unpaired) electrons. The first-order valence-corrected chi connectivity index (χ1v) is 25.3. The van der Waals surface area contributed by atoms with E-state index in [0.717, 1.165) is 66.5 Å². The first-order valence-electron chi connectivity index (χ1n) is 23.3. The van der Waals surface area contributed by atoms with Gasteiger partial charge in [0.2, 0.25) is 0 Å². The smallest absolute Gasteiger partial charge is 0.179 e. The van der Waals surface area contributed by atoms with Gasteiger partial charge in [0.25, 0.3) is 0 Å². The van der Waals surface area contributed by atoms with Crippen molar-refractivity contribution in [1.82, 2.24) is 19.5 Å². The molecule has 0 aliphatic rings. The summed E-state index contributed by atoms with van der Waals surface area (Å²) in [6.45, 7) is 0. The molecule has 0 N–H and O–H groups in total. The Kier molecular flexibility index (Phi) is 9.77. The van der Waals surface area contributed by atoms with Gasteiger partial charge in [0, 0.05) is 38.2 Å². The van der Waals surface area contributed by atoms with E-state index in [1.54, 1.807) is 0 Å². The second-order valence-electron chi connectivity index (χ2n) is 17.5. The SMILES string of the molecule is c1ccc([Si](c2ccccc2)(c2ccccc2)c2cccc(-c3nc(-c4ccc(-c5cccc6oc7ccccc7c56)cc4)nc(-c4ccccc4-n4c5ccccc5c5ccccc54)n3)c2)cc1. The zero-order valence-electron chi connectivity index (χ0n) is 37.4. The molecule has 69 heavy (non-hydrogen) atoms. The molecule has 3 aromatic heterocycles. The lowest BCUT2D eigenvalue weighted by atomic mass is 9.98. The molecule has 0 saturated carbocycles. The van der Waals surface area contributed by atoms with Gasteiger partial charge in [-0.1, -0.05) is 218 Å². The average Bonchev–Trinajstić information content (AvgIpc) is 3.98. The van der Waals surface area contributed by atoms with E-state index in [4.69, 9.17) is 19.4 Å². The Bertz CT molecular complexity index is 3860. The summed E-state index contributed by atoms with van der Waals surface area (Å²) in [5.41, 5.74) is 9.88. The van der Waals surface area contributed by atoms with E-state index >= 15 is 0 Å². The molecule has 0 saturated heterocycles. The highest BCUT2D eigenvalue weighted by atomic mass is 28.3. The second kappa shape index (κ2) is 16.7. The fraction of sp³-hybridized carbons (Fsp3) is 0. The third kappa shape index (κ3) is 6.72. The Labute approximate surface area is 400 Å². The van der Waals surface area contributed by atoms with Gasteiger partial charge >= 0.3 is 0 Å². The van der Waals surface area contributed by atoms with Crippen LogP contribution in [0.3, 0.4) is 0 Å². The number of para-hydroxylation sites is 4. The molecule has 0 bridgehead atoms. The second-order valence-corrected chi connectivity index (χ2v) is 21.3. The van der Waals surface area contributed by atoms with Crippen molar-refractivity contribution in [2.75, 3.05) is 0 Å². The first-order chi connectivity index (χ1) is 34.2. The monoisotopic (exact) mass is 898 g/mol. The highest BCUT2D eigenvalue weighted by Crippen LogP contribution is 2.39. The summed E-state index contributed by atoms with van der Waals surface area (Å²) in [6.07, 6.45) is 0. The van der Waals surface area contributed by atoms with Gasteiger partial charge in [0.1, 0.15) is 11.2 Å². The number of fused-ring (bicyclic) bond motifs is 6. The van der Waals surface area contributed by atoms with Gasteiger partial charge in [-0.2, -0.15) is 0 Å². The molecule has 0 amide bonds. The highest BCUT2D eigenvalue weighted by molar-refractivity contribution is 7.19. The van der Waals surface area contributed by atoms with Gasteiger partial charge in [0.05, 0.1) is 16.7 Å². The van der Waals surface area contributed by atoms with E-state index in [9.17, 15) is 0 Å². The first kappa shape index (κ1) is 40.3. The van der Waals surface area contributed by atoms with Crippen LogP contribution in [0, 0.1) is 0 Å². The van der Waals surface area contributed by atoms with Crippen molar-refractivity contribution in [1.29, 1.82) is 0 Å². The van der Waals surface area contributed by atoms with Gasteiger partial charge in [-0.15, -0.1) is 0 Å². The minimum Gasteiger partial charge on any atom is -0.456 e. The van der Waals surface area contributed by atoms with Crippen molar-refractivity contribution in [3.05, 3.63) is 255 Å². The number of furan rings is 1. The summed E-state index contributed by atoms with van der Waals surface area (Å²) in [6, 6.07) is 90.8. The van der Waals surface area contributed by atoms with E-state index in [0.29, 0.717) is 17.5 Å². The summed E-state index contributed by atoms with van der Waals surface area (Å²) in [5.74, 6) is 1.78. The van der Waals surface area contributed by atoms with Gasteiger partial charge in [-0.05, 0) is 68.3 Å². The van der Waals surface area contributed by atoms with Gasteiger partial charge < -0.3 is 8.98 Å². The van der Waals surface area contributed by atoms with Crippen molar-refractivity contribution in [3.63, 3.8) is 0 Å². The number of benzene rings is 10. The van der Waals surface area contributed by atoms with E-state index in [1.807, 2.05) is 18.2 Å². The zero-order chi connectivity index (χ0) is 45.7. The number of hydrogen-bond acceptors (Lipinski definition) is 4. The Morgan fingerprint density at radius 1 is 0.319 bits per heavy atom. The average molecular weight is 899 g/mol. The summed E-state index contributed by atoms with van der Waals surface area (Å²) in [7, 11) is -2.87. The number of nitrogens with zero attached hydrogens (tertiary/aromatic N) is 4. The lowest BCUT2D eigenvalue weighted by Gasteiger charge is -2.34. The summed E-state index contributed by atoms with van der Waals surface area (Å²) in [4.78, 5) is 16.2. The fourth-order valence-corrected chi connectivity index (χ4v) is 15.4. The van der Waals surface area contributed by atoms with Gasteiger partial charge in [-0.3, -0.25) is 0 Å². The van der Waals surface area contributed by atoms with E-state index in [-0.39, 0.29) is 0 Å². The van der Waals surface area contributed by atoms with Crippen molar-refractivity contribution in [2.24, 2.45) is 0 Å². The predicted octanol–water partition coefficient (Wildman–Crippen LogP) is 12.9. The van der Waals surface area contributed by atoms with Crippen LogP contribution in [-0.2, 0) is 0 Å². The summed E-state index contributed by atoms with van der Waals surface area (Å²) >= 11 is 0. The summed E-state index contributed by atoms with van der Waals surface area (Å²) in [5, 5.41) is 9.73. The van der Waals surface area contributed by atoms with E-state index < -0.39 is 8.07 Å². The third-order valence-electron chi connectivity index (χ3n) is 13.6. The van der Waals surface area contributed by atoms with Gasteiger partial charge in [-0.25, -0.2) is 15.0 Å². The fourth-order valence-electron chi connectivity index (χ4n) is 10.6. The molecule has 0 fully saturated rings. The normalized spacial score (nSPS) is 11.8. The molecule has 13 aromatic rings. The maximum absolute atomic E-state index is 6.28. The molecule has 3 heterocycles. The third-order valence-corrected chi connectivity index (χ3v) is 18.4. The molecule has 13 rings (SSSR count). The van der Waals surface area contributed by atoms with Crippen LogP contribution in [0.2, 0.25) is 0 Å². The predicted molar refractivity (Wildman–Crippen MR) is 287 cm³/mol. The number of hydrogen-bond donors (Lipinski definition) is 0. The number of aromatic nitrogens is 4. The molecular weight excluding hydrogens is 857 g/mol. The van der Waals surface area contributed by atoms with Crippen LogP contribution >= 0.6 is 0 Å². The Balaban J connectivity index is 1.03. The largest absolute Gasteiger partial charge is 0.456 e. The Morgan fingerprint density at radius 3 is 1.43 bits per heavy atom. The van der Waals surface area contributed by atoms with Crippen LogP contribution in [0.5, 0.6) is 0 Å². The van der Waals surface area contributed by atoms with Crippen LogP contribution in [-0.4, -0.2) is 27.6 Å². The van der Waals surface area contributed by atoms with Crippen molar-refractivity contribution >= 4 is 72.6 Å². The number of rotatable bonds is 9. The van der Waals surface area contributed by atoms with Crippen molar-refractivity contribution < 1.29 is 4.42 Å². The molecule has 0 atom stereocenters. The minimum atomic E-state index is -2.87. The molecule has 0 aliphatic heterocycles. The van der Waals surface area contributed by atoms with Crippen LogP contribution in [0.25, 0.3) is 94.7 Å². The van der Waals surface area contributed by atoms with Crippen LogP contribution in [0.4, 0.5) is 0 Å². The molecule has 10 aromatic carbocycles. The standard InChI is InChI=1S/C63H42N4OSi/c1-4-21-46(22-5-1)69(47-23-6-2-7-24-47,48-25-8-3-9-26-48)49-27-18-20-45(42-49)62-64-61(44-40-38-43(39-41-44)50-32-19-37-59-60(50)54-31-13-17-36-58(54)68-59)65-63(66-62)53-30-12-16-35-57(53)67-55-33-14-10-28-51(55)52-29-11-15-34-56(52)67/h1-42H. The molecule has 0 aliphatic carbocycles. The van der Waals surface area contributed by atoms with Crippen LogP contribution in [0.1, 0.15) is 0 Å². The van der Waals surface area contributed by atoms with Crippen molar-refractivity contribution in [3.8, 4) is 51.0 Å². The quantitative estimate of drug-likeness (QED) is 0.107. The molecule has 6 heteroatoms. The zero-order valence-corrected chi connectivity index (χ0v) is 38.4. The lowest BCUT2D eigenvalue weighted by Crippen LogP contribution is -2.74. The summed E-state index contributed by atoms with van der Waals surface area (Å²) < 4.78 is 8.63. The lowest BCUT2D eigenvalue weighted by molar-refractivity contribution is 0.669.